The van der Waals surface area contributed by atoms with Gasteiger partial charge < -0.3 is 0 Å². The summed E-state index contributed by atoms with van der Waals surface area (Å²) in [6.07, 6.45) is 0.338. The fraction of sp³-hybridized carbons (Fsp3) is 0.158. The molecule has 0 aromatic heterocycles. The number of hydrogen-bond acceptors (Lipinski definition) is 4. The fourth-order valence-corrected chi connectivity index (χ4v) is 3.03. The first-order valence-electron chi connectivity index (χ1n) is 8.16. The predicted octanol–water partition coefficient (Wildman–Crippen LogP) is 3.38. The summed E-state index contributed by atoms with van der Waals surface area (Å²) in [5.41, 5.74) is 4.42. The third kappa shape index (κ3) is 4.06. The number of thiol groups is 1. The molecule has 2 aromatic rings. The van der Waals surface area contributed by atoms with Crippen LogP contribution >= 0.6 is 12.6 Å². The molecule has 0 saturated carbocycles. The van der Waals surface area contributed by atoms with E-state index >= 15 is 0 Å². The topological polar surface area (TPSA) is 78.8 Å². The number of hydrazone groups is 1. The van der Waals surface area contributed by atoms with E-state index in [9.17, 15) is 18.8 Å². The van der Waals surface area contributed by atoms with E-state index in [1.165, 1.54) is 12.1 Å². The molecule has 138 valence electrons. The van der Waals surface area contributed by atoms with Gasteiger partial charge in [0.15, 0.2) is 0 Å². The Bertz CT molecular complexity index is 926. The Kier molecular flexibility index (Phi) is 5.36. The van der Waals surface area contributed by atoms with Crippen molar-refractivity contribution in [2.24, 2.45) is 11.0 Å². The molecule has 0 radical (unpaired) electrons. The van der Waals surface area contributed by atoms with Crippen LogP contribution in [0.2, 0.25) is 0 Å². The smallest absolute Gasteiger partial charge is 0.273 e. The molecule has 27 heavy (non-hydrogen) atoms. The Hall–Kier alpha value is -3.00. The molecule has 0 aliphatic carbocycles. The van der Waals surface area contributed by atoms with Crippen molar-refractivity contribution < 1.29 is 18.8 Å². The van der Waals surface area contributed by atoms with Crippen LogP contribution < -0.4 is 10.3 Å². The van der Waals surface area contributed by atoms with Crippen molar-refractivity contribution in [3.63, 3.8) is 0 Å². The van der Waals surface area contributed by atoms with Crippen LogP contribution in [-0.4, -0.2) is 22.8 Å². The zero-order valence-electron chi connectivity index (χ0n) is 14.3. The number of halogens is 1. The molecule has 0 saturated heterocycles. The lowest BCUT2D eigenvalue weighted by molar-refractivity contribution is -0.121. The number of rotatable bonds is 3. The second-order valence-electron chi connectivity index (χ2n) is 6.11. The van der Waals surface area contributed by atoms with Crippen molar-refractivity contribution in [2.45, 2.75) is 13.3 Å². The van der Waals surface area contributed by atoms with Crippen molar-refractivity contribution in [1.82, 2.24) is 5.43 Å². The maximum atomic E-state index is 13.1. The quantitative estimate of drug-likeness (QED) is 0.795. The zero-order chi connectivity index (χ0) is 19.6. The van der Waals surface area contributed by atoms with Gasteiger partial charge in [0.2, 0.25) is 5.91 Å². The molecule has 2 aromatic carbocycles. The first kappa shape index (κ1) is 18.8. The van der Waals surface area contributed by atoms with Gasteiger partial charge in [0.25, 0.3) is 11.1 Å². The first-order valence-corrected chi connectivity index (χ1v) is 8.61. The van der Waals surface area contributed by atoms with Crippen LogP contribution in [0.15, 0.2) is 53.6 Å². The average molecular weight is 385 g/mol. The second-order valence-corrected chi connectivity index (χ2v) is 6.50. The third-order valence-electron chi connectivity index (χ3n) is 4.17. The zero-order valence-corrected chi connectivity index (χ0v) is 15.2. The molecule has 1 atom stereocenters. The number of carbonyl (C=O) groups excluding carboxylic acids is 3. The van der Waals surface area contributed by atoms with Crippen molar-refractivity contribution in [2.75, 3.05) is 4.90 Å². The van der Waals surface area contributed by atoms with E-state index in [1.807, 2.05) is 6.92 Å². The number of benzene rings is 2. The highest BCUT2D eigenvalue weighted by Gasteiger charge is 2.24. The SMILES string of the molecule is CC1CC(=O)NN=C1c1ccc(N(C(=O)S)C(=O)c2ccc(F)cc2)cc1. The molecule has 8 heteroatoms. The fourth-order valence-electron chi connectivity index (χ4n) is 2.82. The van der Waals surface area contributed by atoms with E-state index in [0.29, 0.717) is 12.1 Å². The summed E-state index contributed by atoms with van der Waals surface area (Å²) < 4.78 is 13.1. The summed E-state index contributed by atoms with van der Waals surface area (Å²) in [6, 6.07) is 11.5. The van der Waals surface area contributed by atoms with Crippen LogP contribution in [0.25, 0.3) is 0 Å². The average Bonchev–Trinajstić information content (AvgIpc) is 2.63. The largest absolute Gasteiger partial charge is 0.290 e. The number of nitrogens with one attached hydrogen (secondary N) is 1. The Morgan fingerprint density at radius 3 is 2.33 bits per heavy atom. The Balaban J connectivity index is 1.89. The molecular formula is C19H16FN3O3S. The van der Waals surface area contributed by atoms with E-state index in [1.54, 1.807) is 24.3 Å². The minimum atomic E-state index is -0.757. The van der Waals surface area contributed by atoms with Gasteiger partial charge in [0.05, 0.1) is 11.4 Å². The van der Waals surface area contributed by atoms with E-state index < -0.39 is 17.0 Å². The van der Waals surface area contributed by atoms with Crippen molar-refractivity contribution in [3.8, 4) is 0 Å². The lowest BCUT2D eigenvalue weighted by Crippen LogP contribution is -2.33. The van der Waals surface area contributed by atoms with Gasteiger partial charge in [-0.05, 0) is 42.0 Å². The number of carbonyl (C=O) groups is 3. The second kappa shape index (κ2) is 7.71. The summed E-state index contributed by atoms with van der Waals surface area (Å²) in [4.78, 5) is 36.8. The number of anilines is 1. The molecule has 0 fully saturated rings. The van der Waals surface area contributed by atoms with Crippen LogP contribution in [-0.2, 0) is 4.79 Å². The number of amides is 3. The van der Waals surface area contributed by atoms with Gasteiger partial charge in [0.1, 0.15) is 5.82 Å². The van der Waals surface area contributed by atoms with Crippen molar-refractivity contribution in [1.29, 1.82) is 0 Å². The van der Waals surface area contributed by atoms with Crippen LogP contribution in [0, 0.1) is 11.7 Å². The van der Waals surface area contributed by atoms with Crippen molar-refractivity contribution in [3.05, 3.63) is 65.5 Å². The lowest BCUT2D eigenvalue weighted by atomic mass is 9.94. The van der Waals surface area contributed by atoms with E-state index in [0.717, 1.165) is 28.3 Å². The Morgan fingerprint density at radius 2 is 1.78 bits per heavy atom. The minimum Gasteiger partial charge on any atom is -0.273 e. The molecule has 3 amide bonds. The van der Waals surface area contributed by atoms with E-state index in [4.69, 9.17) is 0 Å². The molecule has 1 N–H and O–H groups in total. The van der Waals surface area contributed by atoms with Gasteiger partial charge in [-0.2, -0.15) is 5.10 Å². The lowest BCUT2D eigenvalue weighted by Gasteiger charge is -2.21. The highest BCUT2D eigenvalue weighted by molar-refractivity contribution is 7.97. The van der Waals surface area contributed by atoms with Crippen LogP contribution in [0.1, 0.15) is 29.3 Å². The van der Waals surface area contributed by atoms with Gasteiger partial charge in [-0.3, -0.25) is 14.4 Å². The number of imide groups is 1. The summed E-state index contributed by atoms with van der Waals surface area (Å²) in [5.74, 6) is -1.28. The molecule has 0 bridgehead atoms. The van der Waals surface area contributed by atoms with Crippen LogP contribution in [0.5, 0.6) is 0 Å². The number of nitrogens with zero attached hydrogens (tertiary/aromatic N) is 2. The Morgan fingerprint density at radius 1 is 1.15 bits per heavy atom. The minimum absolute atomic E-state index is 0.0481. The molecule has 6 nitrogen and oxygen atoms in total. The molecule has 3 rings (SSSR count). The van der Waals surface area contributed by atoms with Crippen LogP contribution in [0.4, 0.5) is 14.9 Å². The van der Waals surface area contributed by atoms with E-state index in [-0.39, 0.29) is 17.4 Å². The normalized spacial score (nSPS) is 16.3. The van der Waals surface area contributed by atoms with Crippen molar-refractivity contribution >= 4 is 41.1 Å². The predicted molar refractivity (Wildman–Crippen MR) is 102 cm³/mol. The van der Waals surface area contributed by atoms with Gasteiger partial charge in [0, 0.05) is 17.9 Å². The highest BCUT2D eigenvalue weighted by atomic mass is 32.1. The summed E-state index contributed by atoms with van der Waals surface area (Å²) >= 11 is 3.79. The molecule has 0 spiro atoms. The maximum Gasteiger partial charge on any atom is 0.290 e. The van der Waals surface area contributed by atoms with Gasteiger partial charge in [-0.1, -0.05) is 31.7 Å². The molecule has 1 aliphatic heterocycles. The molecule has 1 aliphatic rings. The third-order valence-corrected chi connectivity index (χ3v) is 4.37. The van der Waals surface area contributed by atoms with Gasteiger partial charge in [-0.25, -0.2) is 14.7 Å². The Labute approximate surface area is 160 Å². The molecular weight excluding hydrogens is 369 g/mol. The summed E-state index contributed by atoms with van der Waals surface area (Å²) in [6.45, 7) is 1.90. The molecule has 1 unspecified atom stereocenters. The van der Waals surface area contributed by atoms with Gasteiger partial charge in [-0.15, -0.1) is 0 Å². The monoisotopic (exact) mass is 385 g/mol. The summed E-state index contributed by atoms with van der Waals surface area (Å²) in [5, 5.41) is 3.32. The van der Waals surface area contributed by atoms with E-state index in [2.05, 4.69) is 23.2 Å². The van der Waals surface area contributed by atoms with Gasteiger partial charge >= 0.3 is 0 Å². The maximum absolute atomic E-state index is 13.1. The number of hydrogen-bond donors (Lipinski definition) is 2. The first-order chi connectivity index (χ1) is 12.9. The van der Waals surface area contributed by atoms with Crippen LogP contribution in [0.3, 0.4) is 0 Å². The standard InChI is InChI=1S/C19H16FN3O3S/c1-11-10-16(24)21-22-17(11)12-4-8-15(9-5-12)23(19(26)27)18(25)13-2-6-14(20)7-3-13/h2-9,11H,10H2,1H3,(H,21,24)(H,26,27). The highest BCUT2D eigenvalue weighted by Crippen LogP contribution is 2.23. The molecule has 1 heterocycles. The summed E-state index contributed by atoms with van der Waals surface area (Å²) in [7, 11) is 0.